The molecule has 2 heterocycles. The fourth-order valence-electron chi connectivity index (χ4n) is 3.69. The van der Waals surface area contributed by atoms with E-state index in [0.29, 0.717) is 16.9 Å². The van der Waals surface area contributed by atoms with E-state index in [1.165, 1.54) is 29.2 Å². The maximum Gasteiger partial charge on any atom is 0.255 e. The van der Waals surface area contributed by atoms with Gasteiger partial charge in [0.05, 0.1) is 6.04 Å². The fraction of sp³-hybridized carbons (Fsp3) is 0.174. The highest BCUT2D eigenvalue weighted by Crippen LogP contribution is 2.39. The van der Waals surface area contributed by atoms with E-state index >= 15 is 0 Å². The minimum Gasteiger partial charge on any atom is -0.327 e. The van der Waals surface area contributed by atoms with E-state index in [1.807, 2.05) is 0 Å². The third-order valence-electron chi connectivity index (χ3n) is 5.10. The Morgan fingerprint density at radius 1 is 1.03 bits per heavy atom. The molecule has 152 valence electrons. The van der Waals surface area contributed by atoms with Gasteiger partial charge in [-0.15, -0.1) is 0 Å². The van der Waals surface area contributed by atoms with Crippen LogP contribution < -0.4 is 5.32 Å². The minimum atomic E-state index is -0.590. The Bertz CT molecular complexity index is 1070. The molecule has 1 unspecified atom stereocenters. The highest BCUT2D eigenvalue weighted by molar-refractivity contribution is 5.99. The molecule has 1 atom stereocenters. The summed E-state index contributed by atoms with van der Waals surface area (Å²) in [6, 6.07) is 14.8. The summed E-state index contributed by atoms with van der Waals surface area (Å²) in [7, 11) is 0. The Kier molecular flexibility index (Phi) is 5.52. The summed E-state index contributed by atoms with van der Waals surface area (Å²) in [6.07, 6.45) is 1.91. The number of benzene rings is 2. The number of fused-ring (bicyclic) bond motifs is 1. The zero-order valence-corrected chi connectivity index (χ0v) is 16.0. The summed E-state index contributed by atoms with van der Waals surface area (Å²) in [6.45, 7) is 0.194. The molecule has 0 saturated heterocycles. The van der Waals surface area contributed by atoms with Crippen molar-refractivity contribution in [1.29, 1.82) is 0 Å². The molecule has 2 amide bonds. The predicted octanol–water partition coefficient (Wildman–Crippen LogP) is 4.48. The van der Waals surface area contributed by atoms with Gasteiger partial charge in [0.25, 0.3) is 5.91 Å². The SMILES string of the molecule is O=C(CCC1c2c(F)cccc2C(=O)N1Cc1ccc(F)cc1)Nc1ccccn1. The Morgan fingerprint density at radius 3 is 2.57 bits per heavy atom. The topological polar surface area (TPSA) is 62.3 Å². The van der Waals surface area contributed by atoms with Gasteiger partial charge in [-0.25, -0.2) is 13.8 Å². The van der Waals surface area contributed by atoms with Crippen molar-refractivity contribution >= 4 is 17.6 Å². The van der Waals surface area contributed by atoms with Gasteiger partial charge in [0.15, 0.2) is 0 Å². The largest absolute Gasteiger partial charge is 0.327 e. The lowest BCUT2D eigenvalue weighted by Crippen LogP contribution is -2.28. The molecular formula is C23H19F2N3O2. The van der Waals surface area contributed by atoms with Gasteiger partial charge in [0.1, 0.15) is 17.5 Å². The molecule has 0 fully saturated rings. The summed E-state index contributed by atoms with van der Waals surface area (Å²) in [5.41, 5.74) is 1.32. The summed E-state index contributed by atoms with van der Waals surface area (Å²) in [5.74, 6) is -0.988. The van der Waals surface area contributed by atoms with Crippen LogP contribution in [0.4, 0.5) is 14.6 Å². The van der Waals surface area contributed by atoms with Crippen molar-refractivity contribution in [1.82, 2.24) is 9.88 Å². The number of amides is 2. The molecule has 1 aliphatic heterocycles. The van der Waals surface area contributed by atoms with Crippen molar-refractivity contribution < 1.29 is 18.4 Å². The van der Waals surface area contributed by atoms with Crippen molar-refractivity contribution in [2.24, 2.45) is 0 Å². The van der Waals surface area contributed by atoms with E-state index in [9.17, 15) is 18.4 Å². The minimum absolute atomic E-state index is 0.0855. The molecule has 0 bridgehead atoms. The molecule has 0 aliphatic carbocycles. The summed E-state index contributed by atoms with van der Waals surface area (Å²) in [4.78, 5) is 30.9. The third-order valence-corrected chi connectivity index (χ3v) is 5.10. The van der Waals surface area contributed by atoms with Gasteiger partial charge < -0.3 is 10.2 Å². The molecule has 0 spiro atoms. The number of aromatic nitrogens is 1. The zero-order valence-electron chi connectivity index (χ0n) is 16.0. The summed E-state index contributed by atoms with van der Waals surface area (Å²) in [5, 5.41) is 2.70. The van der Waals surface area contributed by atoms with E-state index < -0.39 is 11.9 Å². The number of rotatable bonds is 6. The van der Waals surface area contributed by atoms with Crippen LogP contribution >= 0.6 is 0 Å². The lowest BCUT2D eigenvalue weighted by atomic mass is 9.99. The van der Waals surface area contributed by atoms with E-state index in [4.69, 9.17) is 0 Å². The highest BCUT2D eigenvalue weighted by Gasteiger charge is 2.38. The van der Waals surface area contributed by atoms with Crippen LogP contribution in [0.2, 0.25) is 0 Å². The number of carbonyl (C=O) groups excluding carboxylic acids is 2. The molecule has 0 saturated carbocycles. The van der Waals surface area contributed by atoms with Crippen LogP contribution in [0.1, 0.15) is 40.4 Å². The smallest absolute Gasteiger partial charge is 0.255 e. The molecule has 7 heteroatoms. The number of anilines is 1. The van der Waals surface area contributed by atoms with Gasteiger partial charge in [-0.2, -0.15) is 0 Å². The van der Waals surface area contributed by atoms with Crippen LogP contribution in [0.5, 0.6) is 0 Å². The van der Waals surface area contributed by atoms with E-state index in [1.54, 1.807) is 42.6 Å². The maximum atomic E-state index is 14.6. The first-order valence-corrected chi connectivity index (χ1v) is 9.57. The van der Waals surface area contributed by atoms with Gasteiger partial charge in [0, 0.05) is 30.3 Å². The summed E-state index contributed by atoms with van der Waals surface area (Å²) < 4.78 is 27.8. The number of pyridine rings is 1. The van der Waals surface area contributed by atoms with Crippen molar-refractivity contribution in [3.05, 3.63) is 95.2 Å². The van der Waals surface area contributed by atoms with Crippen molar-refractivity contribution in [3.63, 3.8) is 0 Å². The van der Waals surface area contributed by atoms with Gasteiger partial charge in [-0.3, -0.25) is 9.59 Å². The molecule has 0 radical (unpaired) electrons. The van der Waals surface area contributed by atoms with Crippen molar-refractivity contribution in [3.8, 4) is 0 Å². The average molecular weight is 407 g/mol. The standard InChI is InChI=1S/C23H19F2N3O2/c24-16-9-7-15(8-10-16)14-28-19(22-17(23(28)30)4-3-5-18(22)25)11-12-21(29)27-20-6-1-2-13-26-20/h1-10,13,19H,11-12,14H2,(H,26,27,29). The van der Waals surface area contributed by atoms with Gasteiger partial charge in [-0.05, 0) is 48.4 Å². The van der Waals surface area contributed by atoms with Crippen LogP contribution in [0.25, 0.3) is 0 Å². The lowest BCUT2D eigenvalue weighted by Gasteiger charge is -2.25. The third kappa shape index (κ3) is 4.05. The summed E-state index contributed by atoms with van der Waals surface area (Å²) >= 11 is 0. The number of hydrogen-bond donors (Lipinski definition) is 1. The number of halogens is 2. The fourth-order valence-corrected chi connectivity index (χ4v) is 3.69. The first-order chi connectivity index (χ1) is 14.5. The van der Waals surface area contributed by atoms with Crippen LogP contribution in [0.15, 0.2) is 66.9 Å². The van der Waals surface area contributed by atoms with Crippen LogP contribution in [0.3, 0.4) is 0 Å². The first kappa shape index (κ1) is 19.7. The van der Waals surface area contributed by atoms with E-state index in [2.05, 4.69) is 10.3 Å². The Hall–Kier alpha value is -3.61. The first-order valence-electron chi connectivity index (χ1n) is 9.57. The number of hydrogen-bond acceptors (Lipinski definition) is 3. The molecule has 2 aromatic carbocycles. The molecule has 30 heavy (non-hydrogen) atoms. The average Bonchev–Trinajstić information content (AvgIpc) is 3.01. The Balaban J connectivity index is 1.54. The second kappa shape index (κ2) is 8.41. The Morgan fingerprint density at radius 2 is 1.83 bits per heavy atom. The number of carbonyl (C=O) groups is 2. The van der Waals surface area contributed by atoms with E-state index in [-0.39, 0.29) is 37.0 Å². The van der Waals surface area contributed by atoms with Gasteiger partial charge in [-0.1, -0.05) is 24.3 Å². The number of nitrogens with one attached hydrogen (secondary N) is 1. The highest BCUT2D eigenvalue weighted by atomic mass is 19.1. The van der Waals surface area contributed by atoms with Crippen LogP contribution in [-0.2, 0) is 11.3 Å². The molecule has 1 N–H and O–H groups in total. The van der Waals surface area contributed by atoms with Crippen molar-refractivity contribution in [2.45, 2.75) is 25.4 Å². The molecule has 1 aliphatic rings. The molecule has 3 aromatic rings. The normalized spacial score (nSPS) is 15.2. The zero-order chi connectivity index (χ0) is 21.1. The van der Waals surface area contributed by atoms with Crippen molar-refractivity contribution in [2.75, 3.05) is 5.32 Å². The van der Waals surface area contributed by atoms with Gasteiger partial charge >= 0.3 is 0 Å². The second-order valence-corrected chi connectivity index (χ2v) is 7.08. The number of nitrogens with zero attached hydrogens (tertiary/aromatic N) is 2. The maximum absolute atomic E-state index is 14.6. The van der Waals surface area contributed by atoms with Gasteiger partial charge in [0.2, 0.25) is 5.91 Å². The second-order valence-electron chi connectivity index (χ2n) is 7.08. The molecule has 5 nitrogen and oxygen atoms in total. The quantitative estimate of drug-likeness (QED) is 0.656. The Labute approximate surface area is 172 Å². The predicted molar refractivity (Wildman–Crippen MR) is 108 cm³/mol. The molecule has 1 aromatic heterocycles. The lowest BCUT2D eigenvalue weighted by molar-refractivity contribution is -0.116. The molecule has 4 rings (SSSR count). The monoisotopic (exact) mass is 407 g/mol. The van der Waals surface area contributed by atoms with E-state index in [0.717, 1.165) is 5.56 Å². The molecular weight excluding hydrogens is 388 g/mol. The van der Waals surface area contributed by atoms with Crippen LogP contribution in [0, 0.1) is 11.6 Å². The van der Waals surface area contributed by atoms with Crippen LogP contribution in [-0.4, -0.2) is 21.7 Å².